The van der Waals surface area contributed by atoms with Gasteiger partial charge >= 0.3 is 7.12 Å². The summed E-state index contributed by atoms with van der Waals surface area (Å²) < 4.78 is 18.0. The number of amides is 1. The van der Waals surface area contributed by atoms with Gasteiger partial charge in [-0.2, -0.15) is 0 Å². The van der Waals surface area contributed by atoms with Gasteiger partial charge in [-0.25, -0.2) is 0 Å². The van der Waals surface area contributed by atoms with Crippen LogP contribution in [0.3, 0.4) is 0 Å². The summed E-state index contributed by atoms with van der Waals surface area (Å²) in [5.41, 5.74) is 0.614. The van der Waals surface area contributed by atoms with E-state index in [4.69, 9.17) is 14.1 Å². The Kier molecular flexibility index (Phi) is 4.91. The molecular formula is C21H27BN2O7. The molecule has 4 aliphatic rings. The van der Waals surface area contributed by atoms with E-state index in [1.807, 2.05) is 0 Å². The molecule has 3 atom stereocenters. The average molecular weight is 430 g/mol. The second kappa shape index (κ2) is 7.39. The Morgan fingerprint density at radius 2 is 2.13 bits per heavy atom. The molecule has 10 heteroatoms. The van der Waals surface area contributed by atoms with E-state index in [2.05, 4.69) is 14.1 Å². The Hall–Kier alpha value is -2.30. The molecule has 9 nitrogen and oxygen atoms in total. The van der Waals surface area contributed by atoms with Crippen LogP contribution in [0, 0.1) is 0 Å². The molecule has 5 rings (SSSR count). The topological polar surface area (TPSA) is 108 Å². The molecule has 0 aromatic heterocycles. The van der Waals surface area contributed by atoms with E-state index in [1.165, 1.54) is 0 Å². The molecule has 0 spiro atoms. The Bertz CT molecular complexity index is 917. The zero-order valence-corrected chi connectivity index (χ0v) is 17.8. The van der Waals surface area contributed by atoms with E-state index in [9.17, 15) is 19.7 Å². The van der Waals surface area contributed by atoms with Gasteiger partial charge in [0, 0.05) is 5.82 Å². The number of quaternary nitrogens is 1. The third-order valence-electron chi connectivity index (χ3n) is 6.84. The average Bonchev–Trinajstić information content (AvgIpc) is 3.44. The van der Waals surface area contributed by atoms with Crippen LogP contribution in [-0.4, -0.2) is 92.5 Å². The number of carbonyl (C=O) groups excluding carboxylic acids is 2. The van der Waals surface area contributed by atoms with Crippen molar-refractivity contribution in [2.24, 2.45) is 0 Å². The lowest BCUT2D eigenvalue weighted by molar-refractivity contribution is -0.901. The number of rotatable bonds is 5. The van der Waals surface area contributed by atoms with Crippen LogP contribution in [0.5, 0.6) is 11.5 Å². The summed E-state index contributed by atoms with van der Waals surface area (Å²) in [5, 5.41) is 21.9. The van der Waals surface area contributed by atoms with Crippen molar-refractivity contribution in [1.29, 1.82) is 0 Å². The van der Waals surface area contributed by atoms with Crippen LogP contribution in [0.2, 0.25) is 5.82 Å². The second-order valence-corrected chi connectivity index (χ2v) is 9.74. The zero-order valence-electron chi connectivity index (χ0n) is 17.8. The molecule has 3 aliphatic heterocycles. The fraction of sp³-hybridized carbons (Fsp3) is 0.619. The standard InChI is InChI=1S/C21H27BN2O7/c1-24(2)5-6-29-12(11-24)7-18(25)23-9-13(10-23)30-17-4-3-14-15-8-16(15)22(28)31-20(14)19(17)21(26)27/h3-4,12-13,15-16,28H,5-11H2,1-2H3/t12-,15-,16-/m1/s1. The van der Waals surface area contributed by atoms with Crippen molar-refractivity contribution in [3.8, 4) is 11.5 Å². The van der Waals surface area contributed by atoms with Gasteiger partial charge in [-0.05, 0) is 24.0 Å². The maximum atomic E-state index is 12.6. The third-order valence-corrected chi connectivity index (χ3v) is 6.84. The molecule has 1 aliphatic carbocycles. The minimum Gasteiger partial charge on any atom is -0.545 e. The molecule has 31 heavy (non-hydrogen) atoms. The summed E-state index contributed by atoms with van der Waals surface area (Å²) in [6, 6.07) is 3.43. The van der Waals surface area contributed by atoms with Gasteiger partial charge in [0.05, 0.1) is 51.7 Å². The lowest BCUT2D eigenvalue weighted by Crippen LogP contribution is -2.58. The van der Waals surface area contributed by atoms with Gasteiger partial charge in [0.15, 0.2) is 0 Å². The highest BCUT2D eigenvalue weighted by Crippen LogP contribution is 2.60. The number of hydrogen-bond donors (Lipinski definition) is 1. The summed E-state index contributed by atoms with van der Waals surface area (Å²) in [5.74, 6) is -0.946. The second-order valence-electron chi connectivity index (χ2n) is 9.74. The Morgan fingerprint density at radius 3 is 2.84 bits per heavy atom. The minimum absolute atomic E-state index is 0.0172. The molecular weight excluding hydrogens is 403 g/mol. The smallest absolute Gasteiger partial charge is 0.526 e. The van der Waals surface area contributed by atoms with Crippen LogP contribution >= 0.6 is 0 Å². The normalized spacial score (nSPS) is 28.7. The first-order valence-corrected chi connectivity index (χ1v) is 10.8. The van der Waals surface area contributed by atoms with Crippen LogP contribution in [0.15, 0.2) is 12.1 Å². The van der Waals surface area contributed by atoms with Gasteiger partial charge in [0.2, 0.25) is 5.91 Å². The summed E-state index contributed by atoms with van der Waals surface area (Å²) in [6.45, 7) is 3.17. The number of aromatic carboxylic acids is 1. The number of carboxylic acids is 1. The van der Waals surface area contributed by atoms with Crippen LogP contribution in [0.4, 0.5) is 0 Å². The molecule has 0 unspecified atom stereocenters. The van der Waals surface area contributed by atoms with E-state index in [0.29, 0.717) is 26.1 Å². The fourth-order valence-corrected chi connectivity index (χ4v) is 4.89. The van der Waals surface area contributed by atoms with Gasteiger partial charge in [-0.1, -0.05) is 6.07 Å². The van der Waals surface area contributed by atoms with Crippen molar-refractivity contribution in [1.82, 2.24) is 4.90 Å². The number of carboxylic acid groups (broad SMARTS) is 1. The Morgan fingerprint density at radius 1 is 1.35 bits per heavy atom. The van der Waals surface area contributed by atoms with E-state index >= 15 is 0 Å². The Labute approximate surface area is 181 Å². The molecule has 1 amide bonds. The summed E-state index contributed by atoms with van der Waals surface area (Å²) >= 11 is 0. The number of likely N-dealkylation sites (N-methyl/N-ethyl adjacent to an activating group) is 1. The number of likely N-dealkylation sites (tertiary alicyclic amines) is 1. The van der Waals surface area contributed by atoms with Gasteiger partial charge in [-0.3, -0.25) is 4.79 Å². The molecule has 3 heterocycles. The predicted molar refractivity (Wildman–Crippen MR) is 108 cm³/mol. The van der Waals surface area contributed by atoms with Crippen molar-refractivity contribution in [2.45, 2.75) is 36.8 Å². The van der Waals surface area contributed by atoms with Crippen LogP contribution < -0.4 is 14.5 Å². The molecule has 1 aromatic carbocycles. The van der Waals surface area contributed by atoms with E-state index < -0.39 is 13.1 Å². The van der Waals surface area contributed by atoms with Gasteiger partial charge < -0.3 is 38.4 Å². The van der Waals surface area contributed by atoms with E-state index in [-0.39, 0.29) is 46.9 Å². The quantitative estimate of drug-likeness (QED) is 0.483. The SMILES string of the molecule is C[N+]1(C)CCO[C@H](CC(=O)N2CC(Oc3ccc4c(c3C(=O)[O-])OB(O)[C@@H]3C[C@H]43)C2)C1. The van der Waals surface area contributed by atoms with Crippen molar-refractivity contribution in [2.75, 3.05) is 46.9 Å². The van der Waals surface area contributed by atoms with Crippen LogP contribution in [0.25, 0.3) is 0 Å². The van der Waals surface area contributed by atoms with E-state index in [1.54, 1.807) is 17.0 Å². The molecule has 0 radical (unpaired) electrons. The minimum atomic E-state index is -1.40. The van der Waals surface area contributed by atoms with Crippen LogP contribution in [0.1, 0.15) is 34.7 Å². The molecule has 3 fully saturated rings. The van der Waals surface area contributed by atoms with Crippen molar-refractivity contribution < 1.29 is 38.3 Å². The highest BCUT2D eigenvalue weighted by molar-refractivity contribution is 6.48. The molecule has 0 bridgehead atoms. The summed E-state index contributed by atoms with van der Waals surface area (Å²) in [6.07, 6.45) is 0.728. The van der Waals surface area contributed by atoms with Gasteiger partial charge in [-0.15, -0.1) is 0 Å². The number of nitrogens with zero attached hydrogens (tertiary/aromatic N) is 2. The van der Waals surface area contributed by atoms with Crippen molar-refractivity contribution in [3.63, 3.8) is 0 Å². The van der Waals surface area contributed by atoms with E-state index in [0.717, 1.165) is 29.6 Å². The summed E-state index contributed by atoms with van der Waals surface area (Å²) in [4.78, 5) is 26.1. The summed E-state index contributed by atoms with van der Waals surface area (Å²) in [7, 11) is 3.26. The Balaban J connectivity index is 1.21. The first-order valence-electron chi connectivity index (χ1n) is 10.8. The number of benzene rings is 1. The molecule has 1 saturated carbocycles. The first-order chi connectivity index (χ1) is 14.7. The van der Waals surface area contributed by atoms with Crippen molar-refractivity contribution >= 4 is 19.0 Å². The lowest BCUT2D eigenvalue weighted by Gasteiger charge is -2.41. The van der Waals surface area contributed by atoms with Crippen molar-refractivity contribution in [3.05, 3.63) is 23.3 Å². The number of ether oxygens (including phenoxy) is 2. The maximum absolute atomic E-state index is 12.6. The molecule has 1 aromatic rings. The maximum Gasteiger partial charge on any atom is 0.526 e. The number of fused-ring (bicyclic) bond motifs is 3. The molecule has 2 saturated heterocycles. The number of morpholine rings is 1. The van der Waals surface area contributed by atoms with Crippen LogP contribution in [-0.2, 0) is 9.53 Å². The lowest BCUT2D eigenvalue weighted by atomic mass is 9.77. The largest absolute Gasteiger partial charge is 0.545 e. The number of hydrogen-bond acceptors (Lipinski definition) is 7. The zero-order chi connectivity index (χ0) is 21.9. The molecule has 1 N–H and O–H groups in total. The fourth-order valence-electron chi connectivity index (χ4n) is 4.89. The number of carbonyl (C=O) groups is 2. The highest BCUT2D eigenvalue weighted by Gasteiger charge is 2.54. The highest BCUT2D eigenvalue weighted by atomic mass is 16.5. The van der Waals surface area contributed by atoms with Gasteiger partial charge in [0.25, 0.3) is 0 Å². The first kappa shape index (κ1) is 20.6. The molecule has 166 valence electrons. The monoisotopic (exact) mass is 430 g/mol. The predicted octanol–water partition coefficient (Wildman–Crippen LogP) is -0.765. The van der Waals surface area contributed by atoms with Gasteiger partial charge in [0.1, 0.15) is 36.8 Å². The third kappa shape index (κ3) is 3.88.